The summed E-state index contributed by atoms with van der Waals surface area (Å²) in [5.74, 6) is -19.0. The molecule has 1 aliphatic carbocycles. The molecule has 1 saturated carbocycles. The lowest BCUT2D eigenvalue weighted by Crippen LogP contribution is -2.58. The van der Waals surface area contributed by atoms with E-state index >= 15 is 0 Å². The molecule has 0 aromatic carbocycles. The topological polar surface area (TPSA) is 26.3 Å². The number of ether oxygens (including phenoxy) is 1. The van der Waals surface area contributed by atoms with Gasteiger partial charge in [0.1, 0.15) is 5.60 Å². The summed E-state index contributed by atoms with van der Waals surface area (Å²) >= 11 is 0. The van der Waals surface area contributed by atoms with Crippen LogP contribution < -0.4 is 0 Å². The van der Waals surface area contributed by atoms with Crippen molar-refractivity contribution in [3.05, 3.63) is 0 Å². The monoisotopic (exact) mass is 306 g/mol. The van der Waals surface area contributed by atoms with Crippen molar-refractivity contribution in [3.63, 3.8) is 0 Å². The molecule has 0 N–H and O–H groups in total. The second kappa shape index (κ2) is 5.11. The molecule has 118 valence electrons. The van der Waals surface area contributed by atoms with Crippen LogP contribution in [0.1, 0.15) is 46.0 Å². The number of carbonyl (C=O) groups is 1. The molecule has 0 atom stereocenters. The van der Waals surface area contributed by atoms with Gasteiger partial charge in [-0.05, 0) is 32.1 Å². The molecule has 0 bridgehead atoms. The van der Waals surface area contributed by atoms with E-state index in [1.165, 1.54) is 0 Å². The maximum atomic E-state index is 13.3. The highest BCUT2D eigenvalue weighted by molar-refractivity contribution is 5.79. The second-order valence-corrected chi connectivity index (χ2v) is 5.17. The van der Waals surface area contributed by atoms with Gasteiger partial charge in [-0.1, -0.05) is 6.92 Å². The van der Waals surface area contributed by atoms with Gasteiger partial charge in [0.05, 0.1) is 0 Å². The number of halogens is 6. The minimum absolute atomic E-state index is 0.170. The van der Waals surface area contributed by atoms with Gasteiger partial charge in [0.25, 0.3) is 0 Å². The number of rotatable bonds is 5. The van der Waals surface area contributed by atoms with E-state index in [1.807, 2.05) is 0 Å². The molecule has 1 rings (SSSR count). The van der Waals surface area contributed by atoms with E-state index in [4.69, 9.17) is 0 Å². The minimum atomic E-state index is -5.80. The van der Waals surface area contributed by atoms with Crippen LogP contribution in [0.3, 0.4) is 0 Å². The van der Waals surface area contributed by atoms with Crippen LogP contribution in [0.15, 0.2) is 0 Å². The summed E-state index contributed by atoms with van der Waals surface area (Å²) in [6.45, 7) is 1.20. The highest BCUT2D eigenvalue weighted by atomic mass is 19.3. The molecule has 0 saturated heterocycles. The molecule has 1 fully saturated rings. The van der Waals surface area contributed by atoms with Crippen molar-refractivity contribution in [1.29, 1.82) is 0 Å². The predicted octanol–water partition coefficient (Wildman–Crippen LogP) is 4.18. The van der Waals surface area contributed by atoms with Crippen LogP contribution in [0.4, 0.5) is 26.3 Å². The van der Waals surface area contributed by atoms with E-state index in [-0.39, 0.29) is 26.2 Å². The second-order valence-electron chi connectivity index (χ2n) is 5.17. The molecule has 0 aliphatic heterocycles. The Labute approximate surface area is 112 Å². The van der Waals surface area contributed by atoms with Crippen molar-refractivity contribution in [2.45, 2.75) is 69.3 Å². The summed E-state index contributed by atoms with van der Waals surface area (Å²) in [6.07, 6.45) is 1.90. The molecule has 1 aliphatic rings. The van der Waals surface area contributed by atoms with E-state index in [2.05, 4.69) is 4.74 Å². The molecule has 8 heteroatoms. The summed E-state index contributed by atoms with van der Waals surface area (Å²) in [5.41, 5.74) is -1.25. The van der Waals surface area contributed by atoms with Gasteiger partial charge in [-0.25, -0.2) is 4.79 Å². The van der Waals surface area contributed by atoms with Gasteiger partial charge in [-0.15, -0.1) is 0 Å². The Kier molecular flexibility index (Phi) is 4.37. The third-order valence-corrected chi connectivity index (χ3v) is 3.67. The standard InChI is InChI=1S/C12H16F6O2/c1-3-10(6-4-5-7-10)20-8(19)11(15,16)12(17,18)9(2,13)14/h3-7H2,1-2H3. The molecular weight excluding hydrogens is 290 g/mol. The molecule has 0 spiro atoms. The molecular formula is C12H16F6O2. The van der Waals surface area contributed by atoms with E-state index in [0.717, 1.165) is 0 Å². The number of alkyl halides is 6. The molecule has 0 unspecified atom stereocenters. The highest BCUT2D eigenvalue weighted by Crippen LogP contribution is 2.47. The zero-order valence-corrected chi connectivity index (χ0v) is 11.1. The maximum Gasteiger partial charge on any atom is 0.410 e. The van der Waals surface area contributed by atoms with Crippen molar-refractivity contribution in [2.75, 3.05) is 0 Å². The van der Waals surface area contributed by atoms with Gasteiger partial charge < -0.3 is 4.74 Å². The molecule has 0 aromatic heterocycles. The van der Waals surface area contributed by atoms with Crippen molar-refractivity contribution in [3.8, 4) is 0 Å². The van der Waals surface area contributed by atoms with Crippen LogP contribution in [0.2, 0.25) is 0 Å². The van der Waals surface area contributed by atoms with E-state index in [0.29, 0.717) is 12.8 Å². The normalized spacial score (nSPS) is 20.0. The van der Waals surface area contributed by atoms with Crippen LogP contribution in [-0.4, -0.2) is 29.3 Å². The van der Waals surface area contributed by atoms with E-state index in [1.54, 1.807) is 6.92 Å². The summed E-state index contributed by atoms with van der Waals surface area (Å²) in [7, 11) is 0. The van der Waals surface area contributed by atoms with Gasteiger partial charge in [-0.2, -0.15) is 26.3 Å². The lowest BCUT2D eigenvalue weighted by molar-refractivity contribution is -0.302. The van der Waals surface area contributed by atoms with E-state index in [9.17, 15) is 31.1 Å². The van der Waals surface area contributed by atoms with Crippen LogP contribution >= 0.6 is 0 Å². The summed E-state index contributed by atoms with van der Waals surface area (Å²) in [5, 5.41) is 0. The fourth-order valence-corrected chi connectivity index (χ4v) is 2.21. The Hall–Kier alpha value is -0.950. The average molecular weight is 306 g/mol. The molecule has 0 aromatic rings. The number of hydrogen-bond acceptors (Lipinski definition) is 2. The van der Waals surface area contributed by atoms with Crippen molar-refractivity contribution in [2.24, 2.45) is 0 Å². The predicted molar refractivity (Wildman–Crippen MR) is 58.1 cm³/mol. The first-order valence-corrected chi connectivity index (χ1v) is 6.26. The fourth-order valence-electron chi connectivity index (χ4n) is 2.21. The smallest absolute Gasteiger partial charge is 0.410 e. The van der Waals surface area contributed by atoms with Crippen molar-refractivity contribution in [1.82, 2.24) is 0 Å². The van der Waals surface area contributed by atoms with Crippen molar-refractivity contribution >= 4 is 5.97 Å². The fraction of sp³-hybridized carbons (Fsp3) is 0.917. The van der Waals surface area contributed by atoms with Crippen LogP contribution in [0, 0.1) is 0 Å². The van der Waals surface area contributed by atoms with Gasteiger partial charge >= 0.3 is 23.7 Å². The third-order valence-electron chi connectivity index (χ3n) is 3.67. The largest absolute Gasteiger partial charge is 0.454 e. The first kappa shape index (κ1) is 17.1. The molecule has 0 heterocycles. The average Bonchev–Trinajstić information content (AvgIpc) is 2.76. The van der Waals surface area contributed by atoms with Crippen LogP contribution in [0.25, 0.3) is 0 Å². The molecule has 20 heavy (non-hydrogen) atoms. The Morgan fingerprint density at radius 2 is 1.55 bits per heavy atom. The molecule has 0 radical (unpaired) electrons. The van der Waals surface area contributed by atoms with Gasteiger partial charge in [0.15, 0.2) is 0 Å². The summed E-state index contributed by atoms with van der Waals surface area (Å²) in [4.78, 5) is 11.3. The van der Waals surface area contributed by atoms with Crippen molar-refractivity contribution < 1.29 is 35.9 Å². The number of carbonyl (C=O) groups excluding carboxylic acids is 1. The summed E-state index contributed by atoms with van der Waals surface area (Å²) in [6, 6.07) is 0. The molecule has 0 amide bonds. The SMILES string of the molecule is CCC1(OC(=O)C(F)(F)C(F)(F)C(C)(F)F)CCCC1. The van der Waals surface area contributed by atoms with E-state index < -0.39 is 29.3 Å². The first-order valence-electron chi connectivity index (χ1n) is 6.26. The zero-order chi connectivity index (χ0) is 15.8. The number of hydrogen-bond donors (Lipinski definition) is 0. The Morgan fingerprint density at radius 3 is 1.90 bits per heavy atom. The third kappa shape index (κ3) is 2.74. The Morgan fingerprint density at radius 1 is 1.10 bits per heavy atom. The lowest BCUT2D eigenvalue weighted by Gasteiger charge is -2.33. The van der Waals surface area contributed by atoms with Crippen LogP contribution in [0.5, 0.6) is 0 Å². The van der Waals surface area contributed by atoms with Gasteiger partial charge in [0, 0.05) is 6.92 Å². The highest BCUT2D eigenvalue weighted by Gasteiger charge is 2.74. The Bertz CT molecular complexity index is 369. The molecule has 2 nitrogen and oxygen atoms in total. The van der Waals surface area contributed by atoms with Gasteiger partial charge in [0.2, 0.25) is 0 Å². The number of esters is 1. The Balaban J connectivity index is 2.95. The quantitative estimate of drug-likeness (QED) is 0.562. The van der Waals surface area contributed by atoms with Crippen LogP contribution in [-0.2, 0) is 9.53 Å². The maximum absolute atomic E-state index is 13.3. The lowest BCUT2D eigenvalue weighted by atomic mass is 9.98. The summed E-state index contributed by atoms with van der Waals surface area (Å²) < 4.78 is 82.5. The van der Waals surface area contributed by atoms with Gasteiger partial charge in [-0.3, -0.25) is 0 Å². The first-order chi connectivity index (χ1) is 8.90. The zero-order valence-electron chi connectivity index (χ0n) is 11.1. The minimum Gasteiger partial charge on any atom is -0.454 e.